The van der Waals surface area contributed by atoms with E-state index >= 15 is 0 Å². The molecule has 4 nitrogen and oxygen atoms in total. The molecule has 0 aromatic carbocycles. The van der Waals surface area contributed by atoms with Crippen LogP contribution in [0.4, 0.5) is 0 Å². The van der Waals surface area contributed by atoms with Gasteiger partial charge in [-0.15, -0.1) is 0 Å². The van der Waals surface area contributed by atoms with Gasteiger partial charge in [0.15, 0.2) is 0 Å². The van der Waals surface area contributed by atoms with Crippen LogP contribution in [0.15, 0.2) is 17.1 Å². The van der Waals surface area contributed by atoms with Gasteiger partial charge < -0.3 is 0 Å². The van der Waals surface area contributed by atoms with Crippen LogP contribution >= 0.6 is 11.6 Å². The number of hydrogen-bond donors (Lipinski definition) is 1. The molecule has 12 heavy (non-hydrogen) atoms. The van der Waals surface area contributed by atoms with E-state index in [1.165, 1.54) is 4.40 Å². The highest BCUT2D eigenvalue weighted by Gasteiger charge is 2.01. The lowest BCUT2D eigenvalue weighted by molar-refractivity contribution is 1.00. The first-order chi connectivity index (χ1) is 5.66. The van der Waals surface area contributed by atoms with E-state index in [9.17, 15) is 4.79 Å². The number of halogens is 1. The third-order valence-electron chi connectivity index (χ3n) is 1.55. The fourth-order valence-corrected chi connectivity index (χ4v) is 1.27. The lowest BCUT2D eigenvalue weighted by atomic mass is 10.6. The van der Waals surface area contributed by atoms with Crippen LogP contribution in [-0.2, 0) is 0 Å². The summed E-state index contributed by atoms with van der Waals surface area (Å²) in [6.45, 7) is 1.82. The van der Waals surface area contributed by atoms with E-state index in [0.717, 1.165) is 5.69 Å². The summed E-state index contributed by atoms with van der Waals surface area (Å²) in [6, 6.07) is 1.61. The Balaban J connectivity index is 2.98. The highest BCUT2D eigenvalue weighted by atomic mass is 35.5. The molecule has 1 N–H and O–H groups in total. The number of aromatic nitrogens is 3. The lowest BCUT2D eigenvalue weighted by Crippen LogP contribution is -2.14. The maximum atomic E-state index is 11.2. The zero-order valence-electron chi connectivity index (χ0n) is 6.34. The molecule has 0 amide bonds. The first kappa shape index (κ1) is 7.36. The smallest absolute Gasteiger partial charge is 0.297 e. The minimum Gasteiger partial charge on any atom is -0.297 e. The van der Waals surface area contributed by atoms with Gasteiger partial charge in [0, 0.05) is 12.3 Å². The highest BCUT2D eigenvalue weighted by Crippen LogP contribution is 2.05. The Labute approximate surface area is 72.8 Å². The summed E-state index contributed by atoms with van der Waals surface area (Å²) in [6.07, 6.45) is 1.66. The summed E-state index contributed by atoms with van der Waals surface area (Å²) in [5, 5.41) is 0.304. The number of rotatable bonds is 0. The van der Waals surface area contributed by atoms with Gasteiger partial charge in [-0.05, 0) is 6.92 Å². The normalized spacial score (nSPS) is 10.8. The standard InChI is InChI=1S/C7H6ClN3O/c1-4-3-11-6(9-4)2-5(8)10-7(11)12/h2-3H,1H3,(H,10,12). The molecular formula is C7H6ClN3O. The first-order valence-electron chi connectivity index (χ1n) is 3.41. The molecule has 0 radical (unpaired) electrons. The second kappa shape index (κ2) is 2.35. The minimum atomic E-state index is -0.266. The molecule has 2 aromatic rings. The molecule has 2 rings (SSSR count). The number of nitrogens with zero attached hydrogens (tertiary/aromatic N) is 2. The largest absolute Gasteiger partial charge is 0.332 e. The van der Waals surface area contributed by atoms with E-state index < -0.39 is 0 Å². The molecule has 0 aliphatic carbocycles. The number of nitrogens with one attached hydrogen (secondary N) is 1. The molecule has 0 spiro atoms. The average molecular weight is 184 g/mol. The fraction of sp³-hybridized carbons (Fsp3) is 0.143. The Morgan fingerprint density at radius 3 is 3.17 bits per heavy atom. The van der Waals surface area contributed by atoms with Crippen LogP contribution in [0.2, 0.25) is 5.15 Å². The van der Waals surface area contributed by atoms with Crippen molar-refractivity contribution < 1.29 is 0 Å². The molecular weight excluding hydrogens is 178 g/mol. The van der Waals surface area contributed by atoms with Gasteiger partial charge in [0.1, 0.15) is 10.8 Å². The number of H-pyrrole nitrogens is 1. The minimum absolute atomic E-state index is 0.266. The number of hydrogen-bond acceptors (Lipinski definition) is 2. The Hall–Kier alpha value is -1.29. The van der Waals surface area contributed by atoms with Crippen molar-refractivity contribution in [3.05, 3.63) is 33.6 Å². The van der Waals surface area contributed by atoms with Gasteiger partial charge in [0.05, 0.1) is 5.69 Å². The van der Waals surface area contributed by atoms with Crippen molar-refractivity contribution in [2.75, 3.05) is 0 Å². The van der Waals surface area contributed by atoms with Gasteiger partial charge in [0.25, 0.3) is 0 Å². The zero-order valence-corrected chi connectivity index (χ0v) is 7.09. The number of imidazole rings is 1. The van der Waals surface area contributed by atoms with Crippen LogP contribution < -0.4 is 5.69 Å². The monoisotopic (exact) mass is 183 g/mol. The third kappa shape index (κ3) is 1.00. The predicted octanol–water partition coefficient (Wildman–Crippen LogP) is 0.984. The average Bonchev–Trinajstić information content (AvgIpc) is 2.29. The Kier molecular flexibility index (Phi) is 1.44. The van der Waals surface area contributed by atoms with Gasteiger partial charge in [-0.25, -0.2) is 9.78 Å². The molecule has 5 heteroatoms. The van der Waals surface area contributed by atoms with Gasteiger partial charge in [-0.2, -0.15) is 0 Å². The van der Waals surface area contributed by atoms with Crippen molar-refractivity contribution in [2.45, 2.75) is 6.92 Å². The van der Waals surface area contributed by atoms with Crippen LogP contribution in [0.5, 0.6) is 0 Å². The molecule has 0 saturated carbocycles. The summed E-state index contributed by atoms with van der Waals surface area (Å²) in [4.78, 5) is 17.7. The Bertz CT molecular complexity index is 485. The quantitative estimate of drug-likeness (QED) is 0.620. The summed E-state index contributed by atoms with van der Waals surface area (Å²) in [5.74, 6) is 0. The maximum Gasteiger partial charge on any atom is 0.332 e. The van der Waals surface area contributed by atoms with Crippen molar-refractivity contribution in [1.82, 2.24) is 14.4 Å². The second-order valence-corrected chi connectivity index (χ2v) is 2.94. The summed E-state index contributed by atoms with van der Waals surface area (Å²) < 4.78 is 1.42. The molecule has 2 heterocycles. The molecule has 0 aliphatic rings. The zero-order chi connectivity index (χ0) is 8.72. The van der Waals surface area contributed by atoms with Crippen molar-refractivity contribution in [2.24, 2.45) is 0 Å². The van der Waals surface area contributed by atoms with Crippen molar-refractivity contribution in [3.63, 3.8) is 0 Å². The van der Waals surface area contributed by atoms with Crippen molar-refractivity contribution in [3.8, 4) is 0 Å². The second-order valence-electron chi connectivity index (χ2n) is 2.53. The Morgan fingerprint density at radius 2 is 2.42 bits per heavy atom. The van der Waals surface area contributed by atoms with Crippen molar-refractivity contribution in [1.29, 1.82) is 0 Å². The molecule has 0 bridgehead atoms. The van der Waals surface area contributed by atoms with Crippen LogP contribution in [0.25, 0.3) is 5.65 Å². The van der Waals surface area contributed by atoms with Crippen LogP contribution in [0, 0.1) is 6.92 Å². The van der Waals surface area contributed by atoms with E-state index in [-0.39, 0.29) is 5.69 Å². The lowest BCUT2D eigenvalue weighted by Gasteiger charge is -1.91. The maximum absolute atomic E-state index is 11.2. The highest BCUT2D eigenvalue weighted by molar-refractivity contribution is 6.29. The van der Waals surface area contributed by atoms with Crippen LogP contribution in [-0.4, -0.2) is 14.4 Å². The van der Waals surface area contributed by atoms with Gasteiger partial charge in [-0.1, -0.05) is 11.6 Å². The molecule has 62 valence electrons. The van der Waals surface area contributed by atoms with E-state index in [1.54, 1.807) is 12.3 Å². The molecule has 0 aliphatic heterocycles. The molecule has 0 unspecified atom stereocenters. The van der Waals surface area contributed by atoms with E-state index in [0.29, 0.717) is 10.8 Å². The Morgan fingerprint density at radius 1 is 1.67 bits per heavy atom. The van der Waals surface area contributed by atoms with E-state index in [2.05, 4.69) is 9.97 Å². The molecule has 2 aromatic heterocycles. The van der Waals surface area contributed by atoms with Crippen LogP contribution in [0.1, 0.15) is 5.69 Å². The predicted molar refractivity (Wildman–Crippen MR) is 45.6 cm³/mol. The van der Waals surface area contributed by atoms with Crippen LogP contribution in [0.3, 0.4) is 0 Å². The number of aromatic amines is 1. The van der Waals surface area contributed by atoms with Gasteiger partial charge in [0.2, 0.25) is 0 Å². The first-order valence-corrected chi connectivity index (χ1v) is 3.79. The molecule has 0 saturated heterocycles. The summed E-state index contributed by atoms with van der Waals surface area (Å²) in [7, 11) is 0. The number of aryl methyl sites for hydroxylation is 1. The number of fused-ring (bicyclic) bond motifs is 1. The summed E-state index contributed by atoms with van der Waals surface area (Å²) >= 11 is 5.62. The van der Waals surface area contributed by atoms with Gasteiger partial charge >= 0.3 is 5.69 Å². The SMILES string of the molecule is Cc1cn2c(=O)[nH]c(Cl)cc2n1. The fourth-order valence-electron chi connectivity index (χ4n) is 1.09. The van der Waals surface area contributed by atoms with E-state index in [4.69, 9.17) is 11.6 Å². The summed E-state index contributed by atoms with van der Waals surface area (Å²) in [5.41, 5.74) is 1.10. The van der Waals surface area contributed by atoms with E-state index in [1.807, 2.05) is 6.92 Å². The molecule has 0 fully saturated rings. The van der Waals surface area contributed by atoms with Gasteiger partial charge in [-0.3, -0.25) is 9.38 Å². The topological polar surface area (TPSA) is 50.2 Å². The third-order valence-corrected chi connectivity index (χ3v) is 1.76. The van der Waals surface area contributed by atoms with Crippen molar-refractivity contribution >= 4 is 17.2 Å². The molecule has 0 atom stereocenters.